The van der Waals surface area contributed by atoms with Gasteiger partial charge in [0.25, 0.3) is 0 Å². The molecule has 12 heteroatoms. The molecular weight excluding hydrogens is 549 g/mol. The molecule has 210 valence electrons. The number of nitrogens with zero attached hydrogens (tertiary/aromatic N) is 5. The van der Waals surface area contributed by atoms with E-state index in [9.17, 15) is 9.18 Å². The molecule has 0 radical (unpaired) electrons. The van der Waals surface area contributed by atoms with Crippen LogP contribution in [-0.4, -0.2) is 36.1 Å². The van der Waals surface area contributed by atoms with Crippen LogP contribution in [0.1, 0.15) is 31.2 Å². The first-order chi connectivity index (χ1) is 20.0. The number of carbonyl (C=O) groups is 1. The molecule has 2 aromatic heterocycles. The number of unbranched alkanes of at least 4 members (excludes halogenated alkanes) is 2. The molecule has 3 aromatic carbocycles. The van der Waals surface area contributed by atoms with Crippen molar-refractivity contribution in [2.24, 2.45) is 0 Å². The standard InChI is InChI=1S/C29H27ClFN7O3/c30-24-15-22(9-11-27(24)41-17-19-5-4-6-21(31)13-19)34-29-23-14-20(8-10-25(23)32-18-33-29)26-16-38(37-35-26)12-3-1-2-7-28(39)36-40/h4-6,8-11,13-16,18,40H,1-3,7,12,17H2,(H,36,39)(H,32,33,34). The average molecular weight is 576 g/mol. The van der Waals surface area contributed by atoms with Gasteiger partial charge in [0.15, 0.2) is 0 Å². The van der Waals surface area contributed by atoms with E-state index in [-0.39, 0.29) is 24.8 Å². The van der Waals surface area contributed by atoms with Crippen LogP contribution in [0.15, 0.2) is 73.2 Å². The zero-order valence-electron chi connectivity index (χ0n) is 21.9. The highest BCUT2D eigenvalue weighted by Crippen LogP contribution is 2.32. The number of nitrogens with one attached hydrogen (secondary N) is 2. The topological polar surface area (TPSA) is 127 Å². The fourth-order valence-electron chi connectivity index (χ4n) is 4.27. The predicted molar refractivity (Wildman–Crippen MR) is 152 cm³/mol. The van der Waals surface area contributed by atoms with Crippen LogP contribution < -0.4 is 15.5 Å². The molecule has 10 nitrogen and oxygen atoms in total. The van der Waals surface area contributed by atoms with Gasteiger partial charge in [-0.3, -0.25) is 14.7 Å². The van der Waals surface area contributed by atoms with Crippen LogP contribution in [0.25, 0.3) is 22.2 Å². The first-order valence-corrected chi connectivity index (χ1v) is 13.4. The second kappa shape index (κ2) is 13.2. The summed E-state index contributed by atoms with van der Waals surface area (Å²) in [4.78, 5) is 19.9. The molecule has 0 spiro atoms. The summed E-state index contributed by atoms with van der Waals surface area (Å²) in [7, 11) is 0. The van der Waals surface area contributed by atoms with Crippen LogP contribution in [-0.2, 0) is 17.9 Å². The molecule has 0 fully saturated rings. The summed E-state index contributed by atoms with van der Waals surface area (Å²) in [6.45, 7) is 0.859. The van der Waals surface area contributed by atoms with E-state index in [4.69, 9.17) is 21.5 Å². The number of ether oxygens (including phenoxy) is 1. The largest absolute Gasteiger partial charge is 0.487 e. The highest BCUT2D eigenvalue weighted by Gasteiger charge is 2.11. The highest BCUT2D eigenvalue weighted by atomic mass is 35.5. The highest BCUT2D eigenvalue weighted by molar-refractivity contribution is 6.32. The number of rotatable bonds is 12. The summed E-state index contributed by atoms with van der Waals surface area (Å²) >= 11 is 6.48. The minimum absolute atomic E-state index is 0.192. The van der Waals surface area contributed by atoms with Crippen LogP contribution in [0, 0.1) is 5.82 Å². The van der Waals surface area contributed by atoms with Crippen LogP contribution >= 0.6 is 11.6 Å². The van der Waals surface area contributed by atoms with E-state index in [0.717, 1.165) is 29.3 Å². The molecule has 0 saturated carbocycles. The number of carbonyl (C=O) groups excluding carboxylic acids is 1. The maximum Gasteiger partial charge on any atom is 0.243 e. The first kappa shape index (κ1) is 27.9. The van der Waals surface area contributed by atoms with Crippen molar-refractivity contribution >= 4 is 39.9 Å². The van der Waals surface area contributed by atoms with E-state index in [1.54, 1.807) is 34.4 Å². The Morgan fingerprint density at radius 1 is 1.05 bits per heavy atom. The summed E-state index contributed by atoms with van der Waals surface area (Å²) in [5.41, 5.74) is 5.38. The molecule has 2 heterocycles. The van der Waals surface area contributed by atoms with Crippen LogP contribution in [0.3, 0.4) is 0 Å². The van der Waals surface area contributed by atoms with Crippen molar-refractivity contribution in [1.29, 1.82) is 0 Å². The van der Waals surface area contributed by atoms with Crippen molar-refractivity contribution in [2.75, 3.05) is 5.32 Å². The van der Waals surface area contributed by atoms with E-state index in [1.165, 1.54) is 18.5 Å². The Bertz CT molecular complexity index is 1660. The molecule has 0 aliphatic rings. The van der Waals surface area contributed by atoms with Crippen LogP contribution in [0.4, 0.5) is 15.9 Å². The zero-order valence-corrected chi connectivity index (χ0v) is 22.7. The number of hydrogen-bond acceptors (Lipinski definition) is 8. The molecule has 0 atom stereocenters. The van der Waals surface area contributed by atoms with Gasteiger partial charge in [-0.25, -0.2) is 19.8 Å². The van der Waals surface area contributed by atoms with Gasteiger partial charge in [-0.2, -0.15) is 0 Å². The van der Waals surface area contributed by atoms with Gasteiger partial charge in [0, 0.05) is 29.6 Å². The number of amides is 1. The lowest BCUT2D eigenvalue weighted by Crippen LogP contribution is -2.17. The Morgan fingerprint density at radius 3 is 2.78 bits per heavy atom. The van der Waals surface area contributed by atoms with Gasteiger partial charge in [0.05, 0.1) is 16.7 Å². The van der Waals surface area contributed by atoms with Crippen LogP contribution in [0.5, 0.6) is 5.75 Å². The van der Waals surface area contributed by atoms with E-state index < -0.39 is 0 Å². The van der Waals surface area contributed by atoms with E-state index in [1.807, 2.05) is 30.5 Å². The minimum atomic E-state index is -0.381. The molecule has 0 unspecified atom stereocenters. The van der Waals surface area contributed by atoms with Crippen molar-refractivity contribution in [3.05, 3.63) is 89.6 Å². The lowest BCUT2D eigenvalue weighted by Gasteiger charge is -2.12. The summed E-state index contributed by atoms with van der Waals surface area (Å²) in [6.07, 6.45) is 6.00. The Morgan fingerprint density at radius 2 is 1.95 bits per heavy atom. The normalized spacial score (nSPS) is 11.0. The second-order valence-corrected chi connectivity index (χ2v) is 9.76. The van der Waals surface area contributed by atoms with Crippen molar-refractivity contribution < 1.29 is 19.1 Å². The molecular formula is C29H27ClFN7O3. The lowest BCUT2D eigenvalue weighted by atomic mass is 10.1. The molecule has 0 aliphatic heterocycles. The summed E-state index contributed by atoms with van der Waals surface area (Å²) in [5, 5.41) is 21.6. The summed E-state index contributed by atoms with van der Waals surface area (Å²) in [6, 6.07) is 17.3. The van der Waals surface area contributed by atoms with Gasteiger partial charge < -0.3 is 10.1 Å². The number of aryl methyl sites for hydroxylation is 1. The van der Waals surface area contributed by atoms with Crippen molar-refractivity contribution in [2.45, 2.75) is 38.8 Å². The molecule has 41 heavy (non-hydrogen) atoms. The Hall–Kier alpha value is -4.61. The van der Waals surface area contributed by atoms with E-state index in [2.05, 4.69) is 25.6 Å². The molecule has 0 saturated heterocycles. The fraction of sp³-hybridized carbons (Fsp3) is 0.207. The summed E-state index contributed by atoms with van der Waals surface area (Å²) in [5.74, 6) is 0.380. The molecule has 5 aromatic rings. The summed E-state index contributed by atoms with van der Waals surface area (Å²) < 4.78 is 21.0. The third kappa shape index (κ3) is 7.33. The fourth-order valence-corrected chi connectivity index (χ4v) is 4.50. The second-order valence-electron chi connectivity index (χ2n) is 9.36. The maximum atomic E-state index is 13.4. The number of hydroxylamine groups is 1. The van der Waals surface area contributed by atoms with Gasteiger partial charge in [-0.05, 0) is 60.9 Å². The van der Waals surface area contributed by atoms with E-state index in [0.29, 0.717) is 46.5 Å². The minimum Gasteiger partial charge on any atom is -0.487 e. The molecule has 0 bridgehead atoms. The third-order valence-corrected chi connectivity index (χ3v) is 6.66. The molecule has 3 N–H and O–H groups in total. The number of aromatic nitrogens is 5. The van der Waals surface area contributed by atoms with Crippen molar-refractivity contribution in [3.63, 3.8) is 0 Å². The third-order valence-electron chi connectivity index (χ3n) is 6.36. The lowest BCUT2D eigenvalue weighted by molar-refractivity contribution is -0.129. The van der Waals surface area contributed by atoms with Crippen LogP contribution in [0.2, 0.25) is 5.02 Å². The van der Waals surface area contributed by atoms with Gasteiger partial charge in [0.1, 0.15) is 36.0 Å². The number of fused-ring (bicyclic) bond motifs is 1. The van der Waals surface area contributed by atoms with Gasteiger partial charge in [-0.15, -0.1) is 5.10 Å². The van der Waals surface area contributed by atoms with Gasteiger partial charge >= 0.3 is 0 Å². The maximum absolute atomic E-state index is 13.4. The Kier molecular flexibility index (Phi) is 8.97. The average Bonchev–Trinajstić information content (AvgIpc) is 3.45. The number of halogens is 2. The van der Waals surface area contributed by atoms with Gasteiger partial charge in [-0.1, -0.05) is 41.4 Å². The molecule has 1 amide bonds. The first-order valence-electron chi connectivity index (χ1n) is 13.0. The molecule has 0 aliphatic carbocycles. The number of benzene rings is 3. The quantitative estimate of drug-likeness (QED) is 0.0929. The predicted octanol–water partition coefficient (Wildman–Crippen LogP) is 6.07. The zero-order chi connectivity index (χ0) is 28.6. The van der Waals surface area contributed by atoms with Crippen molar-refractivity contribution in [3.8, 4) is 17.0 Å². The number of anilines is 2. The van der Waals surface area contributed by atoms with Crippen molar-refractivity contribution in [1.82, 2.24) is 30.4 Å². The Balaban J connectivity index is 1.26. The monoisotopic (exact) mass is 575 g/mol. The smallest absolute Gasteiger partial charge is 0.243 e. The van der Waals surface area contributed by atoms with Gasteiger partial charge in [0.2, 0.25) is 5.91 Å². The number of hydrogen-bond donors (Lipinski definition) is 3. The molecule has 5 rings (SSSR count). The van der Waals surface area contributed by atoms with E-state index >= 15 is 0 Å². The Labute approximate surface area is 240 Å². The SMILES string of the molecule is O=C(CCCCCn1cc(-c2ccc3ncnc(Nc4ccc(OCc5cccc(F)c5)c(Cl)c4)c3c2)nn1)NO.